The molecule has 0 aliphatic heterocycles. The maximum atomic E-state index is 13.2. The Morgan fingerprint density at radius 3 is 2.71 bits per heavy atom. The summed E-state index contributed by atoms with van der Waals surface area (Å²) in [6.45, 7) is 1.95. The molecule has 3 aromatic rings. The molecule has 0 fully saturated rings. The van der Waals surface area contributed by atoms with Crippen LogP contribution in [0.5, 0.6) is 0 Å². The van der Waals surface area contributed by atoms with E-state index in [1.54, 1.807) is 6.07 Å². The van der Waals surface area contributed by atoms with Crippen LogP contribution in [0.1, 0.15) is 22.9 Å². The number of fused-ring (bicyclic) bond motifs is 1. The Labute approximate surface area is 134 Å². The molecular weight excluding hydrogens is 357 g/mol. The highest BCUT2D eigenvalue weighted by atomic mass is 79.9. The van der Waals surface area contributed by atoms with Crippen molar-refractivity contribution in [1.82, 2.24) is 0 Å². The summed E-state index contributed by atoms with van der Waals surface area (Å²) in [7, 11) is 0. The molecule has 5 heteroatoms. The molecule has 0 aliphatic rings. The van der Waals surface area contributed by atoms with Crippen molar-refractivity contribution >= 4 is 38.5 Å². The monoisotopic (exact) mass is 367 g/mol. The predicted octanol–water partition coefficient (Wildman–Crippen LogP) is 5.34. The first-order valence-corrected chi connectivity index (χ1v) is 7.53. The minimum absolute atomic E-state index is 0.295. The summed E-state index contributed by atoms with van der Waals surface area (Å²) in [4.78, 5) is 0. The average Bonchev–Trinajstić information content (AvgIpc) is 2.75. The fourth-order valence-electron chi connectivity index (χ4n) is 2.41. The molecule has 2 N–H and O–H groups in total. The van der Waals surface area contributed by atoms with Gasteiger partial charge < -0.3 is 10.2 Å². The minimum Gasteiger partial charge on any atom is -0.459 e. The van der Waals surface area contributed by atoms with E-state index < -0.39 is 6.04 Å². The van der Waals surface area contributed by atoms with Gasteiger partial charge >= 0.3 is 0 Å². The van der Waals surface area contributed by atoms with Crippen molar-refractivity contribution in [2.24, 2.45) is 5.73 Å². The van der Waals surface area contributed by atoms with E-state index in [0.717, 1.165) is 21.0 Å². The average molecular weight is 369 g/mol. The SMILES string of the molecule is Cc1c(C(N)c2ccc(F)cc2Cl)oc2cc(Br)ccc12. The van der Waals surface area contributed by atoms with Gasteiger partial charge in [-0.1, -0.05) is 33.6 Å². The van der Waals surface area contributed by atoms with E-state index in [2.05, 4.69) is 15.9 Å². The molecule has 0 saturated heterocycles. The van der Waals surface area contributed by atoms with Crippen LogP contribution in [-0.2, 0) is 0 Å². The zero-order valence-electron chi connectivity index (χ0n) is 11.2. The number of rotatable bonds is 2. The van der Waals surface area contributed by atoms with E-state index in [9.17, 15) is 4.39 Å². The van der Waals surface area contributed by atoms with Crippen molar-refractivity contribution in [3.05, 3.63) is 68.6 Å². The fourth-order valence-corrected chi connectivity index (χ4v) is 3.03. The Balaban J connectivity index is 2.13. The van der Waals surface area contributed by atoms with Gasteiger partial charge in [0.25, 0.3) is 0 Å². The first kappa shape index (κ1) is 14.6. The predicted molar refractivity (Wildman–Crippen MR) is 86.1 cm³/mol. The van der Waals surface area contributed by atoms with E-state index in [4.69, 9.17) is 21.8 Å². The summed E-state index contributed by atoms with van der Waals surface area (Å²) in [5, 5.41) is 1.30. The van der Waals surface area contributed by atoms with Gasteiger partial charge in [0.2, 0.25) is 0 Å². The van der Waals surface area contributed by atoms with Gasteiger partial charge in [-0.3, -0.25) is 0 Å². The number of aryl methyl sites for hydroxylation is 1. The molecule has 1 atom stereocenters. The number of benzene rings is 2. The summed E-state index contributed by atoms with van der Waals surface area (Å²) in [5.41, 5.74) is 8.61. The molecule has 3 rings (SSSR count). The van der Waals surface area contributed by atoms with E-state index in [-0.39, 0.29) is 5.82 Å². The van der Waals surface area contributed by atoms with E-state index in [1.165, 1.54) is 12.1 Å². The van der Waals surface area contributed by atoms with Crippen LogP contribution in [0.4, 0.5) is 4.39 Å². The Hall–Kier alpha value is -1.36. The summed E-state index contributed by atoms with van der Waals surface area (Å²) in [6.07, 6.45) is 0. The third kappa shape index (κ3) is 2.59. The maximum absolute atomic E-state index is 13.2. The molecule has 0 radical (unpaired) electrons. The van der Waals surface area contributed by atoms with Gasteiger partial charge in [-0.25, -0.2) is 4.39 Å². The third-order valence-corrected chi connectivity index (χ3v) is 4.34. The smallest absolute Gasteiger partial charge is 0.135 e. The van der Waals surface area contributed by atoms with Gasteiger partial charge in [-0.15, -0.1) is 0 Å². The molecule has 0 amide bonds. The van der Waals surface area contributed by atoms with Crippen LogP contribution in [0.3, 0.4) is 0 Å². The van der Waals surface area contributed by atoms with Gasteiger partial charge in [0.05, 0.1) is 6.04 Å². The van der Waals surface area contributed by atoms with Crippen molar-refractivity contribution < 1.29 is 8.81 Å². The molecule has 1 heterocycles. The highest BCUT2D eigenvalue weighted by Gasteiger charge is 2.21. The number of furan rings is 1. The molecule has 0 bridgehead atoms. The topological polar surface area (TPSA) is 39.2 Å². The standard InChI is InChI=1S/C16H12BrClFNO/c1-8-11-4-2-9(17)6-14(11)21-16(8)15(20)12-5-3-10(19)7-13(12)18/h2-7,15H,20H2,1H3. The lowest BCUT2D eigenvalue weighted by Gasteiger charge is -2.12. The van der Waals surface area contributed by atoms with Crippen LogP contribution >= 0.6 is 27.5 Å². The van der Waals surface area contributed by atoms with Crippen molar-refractivity contribution in [1.29, 1.82) is 0 Å². The Morgan fingerprint density at radius 1 is 1.24 bits per heavy atom. The van der Waals surface area contributed by atoms with Gasteiger partial charge in [-0.2, -0.15) is 0 Å². The molecule has 2 aromatic carbocycles. The van der Waals surface area contributed by atoms with Crippen LogP contribution < -0.4 is 5.73 Å². The highest BCUT2D eigenvalue weighted by molar-refractivity contribution is 9.10. The molecule has 0 spiro atoms. The lowest BCUT2D eigenvalue weighted by atomic mass is 10.0. The molecule has 21 heavy (non-hydrogen) atoms. The number of hydrogen-bond acceptors (Lipinski definition) is 2. The van der Waals surface area contributed by atoms with E-state index >= 15 is 0 Å². The Morgan fingerprint density at radius 2 is 2.00 bits per heavy atom. The number of hydrogen-bond donors (Lipinski definition) is 1. The largest absolute Gasteiger partial charge is 0.459 e. The quantitative estimate of drug-likeness (QED) is 0.663. The molecule has 0 saturated carbocycles. The summed E-state index contributed by atoms with van der Waals surface area (Å²) < 4.78 is 20.0. The second-order valence-electron chi connectivity index (χ2n) is 4.88. The van der Waals surface area contributed by atoms with Crippen LogP contribution in [0.25, 0.3) is 11.0 Å². The van der Waals surface area contributed by atoms with Crippen LogP contribution in [-0.4, -0.2) is 0 Å². The molecule has 1 aromatic heterocycles. The highest BCUT2D eigenvalue weighted by Crippen LogP contribution is 2.35. The number of nitrogens with two attached hydrogens (primary N) is 1. The molecule has 2 nitrogen and oxygen atoms in total. The first-order valence-electron chi connectivity index (χ1n) is 6.36. The summed E-state index contributed by atoms with van der Waals surface area (Å²) in [5.74, 6) is 0.248. The summed E-state index contributed by atoms with van der Waals surface area (Å²) >= 11 is 9.50. The lowest BCUT2D eigenvalue weighted by Crippen LogP contribution is -2.12. The van der Waals surface area contributed by atoms with E-state index in [0.29, 0.717) is 16.3 Å². The second-order valence-corrected chi connectivity index (χ2v) is 6.20. The second kappa shape index (κ2) is 5.44. The Kier molecular flexibility index (Phi) is 3.78. The molecular formula is C16H12BrClFNO. The van der Waals surface area contributed by atoms with Crippen molar-refractivity contribution in [3.8, 4) is 0 Å². The maximum Gasteiger partial charge on any atom is 0.135 e. The minimum atomic E-state index is -0.538. The third-order valence-electron chi connectivity index (χ3n) is 3.52. The Bertz CT molecular complexity index is 831. The zero-order chi connectivity index (χ0) is 15.1. The molecule has 0 aliphatic carbocycles. The van der Waals surface area contributed by atoms with Crippen LogP contribution in [0, 0.1) is 12.7 Å². The lowest BCUT2D eigenvalue weighted by molar-refractivity contribution is 0.520. The van der Waals surface area contributed by atoms with E-state index in [1.807, 2.05) is 25.1 Å². The van der Waals surface area contributed by atoms with Crippen molar-refractivity contribution in [3.63, 3.8) is 0 Å². The number of halogens is 3. The van der Waals surface area contributed by atoms with Crippen molar-refractivity contribution in [2.45, 2.75) is 13.0 Å². The van der Waals surface area contributed by atoms with Crippen LogP contribution in [0.2, 0.25) is 5.02 Å². The fraction of sp³-hybridized carbons (Fsp3) is 0.125. The van der Waals surface area contributed by atoms with Crippen molar-refractivity contribution in [2.75, 3.05) is 0 Å². The summed E-state index contributed by atoms with van der Waals surface area (Å²) in [6, 6.07) is 9.46. The molecule has 108 valence electrons. The normalized spacial score (nSPS) is 12.8. The zero-order valence-corrected chi connectivity index (χ0v) is 13.5. The van der Waals surface area contributed by atoms with Gasteiger partial charge in [0.15, 0.2) is 0 Å². The first-order chi connectivity index (χ1) is 9.97. The van der Waals surface area contributed by atoms with Gasteiger partial charge in [-0.05, 0) is 42.8 Å². The van der Waals surface area contributed by atoms with Crippen LogP contribution in [0.15, 0.2) is 45.3 Å². The van der Waals surface area contributed by atoms with Gasteiger partial charge in [0.1, 0.15) is 17.2 Å². The molecule has 1 unspecified atom stereocenters. The van der Waals surface area contributed by atoms with Gasteiger partial charge in [0, 0.05) is 20.4 Å².